The summed E-state index contributed by atoms with van der Waals surface area (Å²) >= 11 is 5.99. The lowest BCUT2D eigenvalue weighted by Gasteiger charge is -2.13. The normalized spacial score (nSPS) is 10.3. The van der Waals surface area contributed by atoms with Gasteiger partial charge in [-0.3, -0.25) is 15.6 Å². The molecule has 8 nitrogen and oxygen atoms in total. The zero-order chi connectivity index (χ0) is 17.6. The SMILES string of the molecule is Nc1c(NCc2ccco2)ncnc1NNC(=O)c1ccccc1Cl. The highest BCUT2D eigenvalue weighted by Crippen LogP contribution is 2.22. The Hall–Kier alpha value is -3.26. The van der Waals surface area contributed by atoms with Gasteiger partial charge in [-0.2, -0.15) is 0 Å². The number of carbonyl (C=O) groups is 1. The van der Waals surface area contributed by atoms with Gasteiger partial charge in [0.2, 0.25) is 0 Å². The molecule has 128 valence electrons. The van der Waals surface area contributed by atoms with Crippen LogP contribution in [0.1, 0.15) is 16.1 Å². The van der Waals surface area contributed by atoms with Crippen LogP contribution in [0.4, 0.5) is 17.3 Å². The van der Waals surface area contributed by atoms with Gasteiger partial charge < -0.3 is 15.5 Å². The number of nitrogen functional groups attached to an aromatic ring is 1. The van der Waals surface area contributed by atoms with Crippen molar-refractivity contribution in [1.82, 2.24) is 15.4 Å². The smallest absolute Gasteiger partial charge is 0.271 e. The Morgan fingerprint density at radius 3 is 2.72 bits per heavy atom. The average Bonchev–Trinajstić information content (AvgIpc) is 3.13. The highest BCUT2D eigenvalue weighted by molar-refractivity contribution is 6.33. The standard InChI is InChI=1S/C16H15ClN6O2/c17-12-6-2-1-5-11(12)16(24)23-22-15-13(18)14(20-9-21-15)19-8-10-4-3-7-25-10/h1-7,9H,8,18H2,(H,23,24)(H2,19,20,21,22). The van der Waals surface area contributed by atoms with E-state index < -0.39 is 5.91 Å². The fourth-order valence-corrected chi connectivity index (χ4v) is 2.27. The van der Waals surface area contributed by atoms with E-state index in [9.17, 15) is 4.79 Å². The minimum absolute atomic E-state index is 0.258. The molecule has 0 radical (unpaired) electrons. The van der Waals surface area contributed by atoms with Gasteiger partial charge in [-0.25, -0.2) is 9.97 Å². The molecule has 1 amide bonds. The third kappa shape index (κ3) is 3.99. The molecule has 0 fully saturated rings. The third-order valence-electron chi connectivity index (χ3n) is 3.31. The van der Waals surface area contributed by atoms with E-state index in [-0.39, 0.29) is 11.5 Å². The van der Waals surface area contributed by atoms with Crippen LogP contribution in [0.3, 0.4) is 0 Å². The zero-order valence-electron chi connectivity index (χ0n) is 13.0. The Morgan fingerprint density at radius 1 is 1.16 bits per heavy atom. The summed E-state index contributed by atoms with van der Waals surface area (Å²) in [6, 6.07) is 10.3. The summed E-state index contributed by atoms with van der Waals surface area (Å²) in [5, 5.41) is 3.39. The molecule has 0 aliphatic carbocycles. The number of furan rings is 1. The average molecular weight is 359 g/mol. The molecule has 0 bridgehead atoms. The summed E-state index contributed by atoms with van der Waals surface area (Å²) in [6.45, 7) is 0.416. The van der Waals surface area contributed by atoms with Crippen LogP contribution < -0.4 is 21.9 Å². The molecule has 2 heterocycles. The van der Waals surface area contributed by atoms with Crippen LogP contribution >= 0.6 is 11.6 Å². The summed E-state index contributed by atoms with van der Waals surface area (Å²) in [7, 11) is 0. The highest BCUT2D eigenvalue weighted by atomic mass is 35.5. The molecule has 0 saturated carbocycles. The van der Waals surface area contributed by atoms with Crippen LogP contribution in [0.15, 0.2) is 53.4 Å². The van der Waals surface area contributed by atoms with E-state index in [0.717, 1.165) is 5.76 Å². The number of halogens is 1. The van der Waals surface area contributed by atoms with E-state index >= 15 is 0 Å². The quantitative estimate of drug-likeness (QED) is 0.500. The number of nitrogens with two attached hydrogens (primary N) is 1. The van der Waals surface area contributed by atoms with Gasteiger partial charge in [-0.05, 0) is 24.3 Å². The highest BCUT2D eigenvalue weighted by Gasteiger charge is 2.12. The first-order valence-corrected chi connectivity index (χ1v) is 7.70. The number of rotatable bonds is 6. The number of hydrazine groups is 1. The summed E-state index contributed by atoms with van der Waals surface area (Å²) in [4.78, 5) is 20.2. The van der Waals surface area contributed by atoms with E-state index in [1.165, 1.54) is 6.33 Å². The van der Waals surface area contributed by atoms with Gasteiger partial charge in [0.1, 0.15) is 17.8 Å². The first-order chi connectivity index (χ1) is 12.1. The first kappa shape index (κ1) is 16.6. The molecule has 0 unspecified atom stereocenters. The first-order valence-electron chi connectivity index (χ1n) is 7.33. The summed E-state index contributed by atoms with van der Waals surface area (Å²) in [6.07, 6.45) is 2.91. The van der Waals surface area contributed by atoms with Crippen LogP contribution in [-0.2, 0) is 6.54 Å². The Labute approximate surface area is 148 Å². The molecule has 0 atom stereocenters. The number of amides is 1. The van der Waals surface area contributed by atoms with Crippen LogP contribution in [0.5, 0.6) is 0 Å². The number of benzene rings is 1. The van der Waals surface area contributed by atoms with Crippen molar-refractivity contribution in [2.45, 2.75) is 6.54 Å². The predicted octanol–water partition coefficient (Wildman–Crippen LogP) is 2.67. The number of carbonyl (C=O) groups excluding carboxylic acids is 1. The fraction of sp³-hybridized carbons (Fsp3) is 0.0625. The minimum Gasteiger partial charge on any atom is -0.467 e. The molecule has 0 aliphatic heterocycles. The summed E-state index contributed by atoms with van der Waals surface area (Å²) in [5.74, 6) is 1.01. The molecule has 9 heteroatoms. The van der Waals surface area contributed by atoms with Crippen molar-refractivity contribution in [2.24, 2.45) is 0 Å². The van der Waals surface area contributed by atoms with Crippen LogP contribution in [0.2, 0.25) is 5.02 Å². The second kappa shape index (κ2) is 7.54. The number of nitrogens with zero attached hydrogens (tertiary/aromatic N) is 2. The Kier molecular flexibility index (Phi) is 5.00. The third-order valence-corrected chi connectivity index (χ3v) is 3.64. The second-order valence-corrected chi connectivity index (χ2v) is 5.38. The number of aromatic nitrogens is 2. The summed E-state index contributed by atoms with van der Waals surface area (Å²) < 4.78 is 5.23. The monoisotopic (exact) mass is 358 g/mol. The molecular weight excluding hydrogens is 344 g/mol. The Morgan fingerprint density at radius 2 is 1.96 bits per heavy atom. The summed E-state index contributed by atoms with van der Waals surface area (Å²) in [5.41, 5.74) is 11.8. The van der Waals surface area contributed by atoms with Crippen molar-refractivity contribution in [3.05, 3.63) is 65.3 Å². The van der Waals surface area contributed by atoms with Gasteiger partial charge in [-0.1, -0.05) is 23.7 Å². The van der Waals surface area contributed by atoms with Gasteiger partial charge in [0.05, 0.1) is 23.4 Å². The zero-order valence-corrected chi connectivity index (χ0v) is 13.7. The van der Waals surface area contributed by atoms with Crippen LogP contribution in [-0.4, -0.2) is 15.9 Å². The molecule has 0 saturated heterocycles. The maximum absolute atomic E-state index is 12.1. The molecular formula is C16H15ClN6O2. The van der Waals surface area contributed by atoms with Crippen LogP contribution in [0, 0.1) is 0 Å². The molecule has 1 aromatic carbocycles. The second-order valence-electron chi connectivity index (χ2n) is 4.98. The van der Waals surface area contributed by atoms with Crippen molar-refractivity contribution in [3.8, 4) is 0 Å². The van der Waals surface area contributed by atoms with Crippen LogP contribution in [0.25, 0.3) is 0 Å². The molecule has 3 rings (SSSR count). The van der Waals surface area contributed by atoms with Crippen molar-refractivity contribution in [3.63, 3.8) is 0 Å². The van der Waals surface area contributed by atoms with Gasteiger partial charge in [0, 0.05) is 0 Å². The lowest BCUT2D eigenvalue weighted by Crippen LogP contribution is -2.30. The van der Waals surface area contributed by atoms with E-state index in [2.05, 4.69) is 26.1 Å². The van der Waals surface area contributed by atoms with Crippen molar-refractivity contribution in [2.75, 3.05) is 16.5 Å². The van der Waals surface area contributed by atoms with Crippen molar-refractivity contribution < 1.29 is 9.21 Å². The minimum atomic E-state index is -0.409. The van der Waals surface area contributed by atoms with Crippen molar-refractivity contribution in [1.29, 1.82) is 0 Å². The molecule has 0 aliphatic rings. The number of hydrogen-bond acceptors (Lipinski definition) is 7. The largest absolute Gasteiger partial charge is 0.467 e. The number of hydrogen-bond donors (Lipinski definition) is 4. The molecule has 25 heavy (non-hydrogen) atoms. The van der Waals surface area contributed by atoms with Crippen molar-refractivity contribution >= 4 is 34.8 Å². The lowest BCUT2D eigenvalue weighted by atomic mass is 10.2. The molecule has 3 aromatic rings. The van der Waals surface area contributed by atoms with E-state index in [1.54, 1.807) is 36.6 Å². The lowest BCUT2D eigenvalue weighted by molar-refractivity contribution is 0.0962. The van der Waals surface area contributed by atoms with Gasteiger partial charge in [0.15, 0.2) is 11.6 Å². The molecule has 0 spiro atoms. The maximum atomic E-state index is 12.1. The van der Waals surface area contributed by atoms with E-state index in [0.29, 0.717) is 22.9 Å². The maximum Gasteiger partial charge on any atom is 0.271 e. The predicted molar refractivity (Wildman–Crippen MR) is 95.0 cm³/mol. The van der Waals surface area contributed by atoms with E-state index in [1.807, 2.05) is 6.07 Å². The molecule has 2 aromatic heterocycles. The number of anilines is 3. The fourth-order valence-electron chi connectivity index (χ4n) is 2.05. The molecule has 5 N–H and O–H groups in total. The van der Waals surface area contributed by atoms with E-state index in [4.69, 9.17) is 21.8 Å². The van der Waals surface area contributed by atoms with Gasteiger partial charge >= 0.3 is 0 Å². The Balaban J connectivity index is 1.65. The van der Waals surface area contributed by atoms with Gasteiger partial charge in [0.25, 0.3) is 5.91 Å². The number of nitrogens with one attached hydrogen (secondary N) is 3. The Bertz CT molecular complexity index is 869. The topological polar surface area (TPSA) is 118 Å². The van der Waals surface area contributed by atoms with Gasteiger partial charge in [-0.15, -0.1) is 0 Å².